The van der Waals surface area contributed by atoms with Crippen LogP contribution in [0.3, 0.4) is 0 Å². The number of hydrogen-bond acceptors (Lipinski definition) is 6. The van der Waals surface area contributed by atoms with Gasteiger partial charge in [0.2, 0.25) is 0 Å². The van der Waals surface area contributed by atoms with E-state index in [1.165, 1.54) is 0 Å². The Morgan fingerprint density at radius 1 is 0.595 bits per heavy atom. The molecule has 8 heteroatoms. The summed E-state index contributed by atoms with van der Waals surface area (Å²) < 4.78 is 23.6. The smallest absolute Gasteiger partial charge is 0.172 e. The molecule has 37 heavy (non-hydrogen) atoms. The summed E-state index contributed by atoms with van der Waals surface area (Å²) in [5.41, 5.74) is 16.8. The fourth-order valence-corrected chi connectivity index (χ4v) is 4.20. The quantitative estimate of drug-likeness (QED) is 0.158. The van der Waals surface area contributed by atoms with Crippen molar-refractivity contribution in [2.24, 2.45) is 0 Å². The Balaban J connectivity index is 1.62. The van der Waals surface area contributed by atoms with E-state index in [9.17, 15) is 0 Å². The molecule has 0 saturated heterocycles. The lowest BCUT2D eigenvalue weighted by Gasteiger charge is -2.18. The first kappa shape index (κ1) is 26.3. The molecule has 0 unspecified atom stereocenters. The number of alkyl halides is 2. The molecule has 0 radical (unpaired) electrons. The third-order valence-electron chi connectivity index (χ3n) is 5.63. The Labute approximate surface area is 226 Å². The Hall–Kier alpha value is -3.74. The van der Waals surface area contributed by atoms with E-state index in [0.29, 0.717) is 52.3 Å². The molecule has 0 aliphatic heterocycles. The summed E-state index contributed by atoms with van der Waals surface area (Å²) in [5, 5.41) is 0. The Morgan fingerprint density at radius 2 is 0.973 bits per heavy atom. The van der Waals surface area contributed by atoms with Crippen LogP contribution < -0.4 is 30.4 Å². The molecule has 0 spiro atoms. The molecule has 0 aliphatic carbocycles. The first-order chi connectivity index (χ1) is 17.9. The molecule has 0 aromatic heterocycles. The molecule has 4 N–H and O–H groups in total. The number of hydrogen-bond donors (Lipinski definition) is 2. The van der Waals surface area contributed by atoms with Gasteiger partial charge in [-0.2, -0.15) is 0 Å². The van der Waals surface area contributed by atoms with Gasteiger partial charge in [0, 0.05) is 11.4 Å². The van der Waals surface area contributed by atoms with Crippen LogP contribution in [-0.4, -0.2) is 12.1 Å². The van der Waals surface area contributed by atoms with E-state index in [4.69, 9.17) is 53.6 Å². The summed E-state index contributed by atoms with van der Waals surface area (Å²) in [6.07, 6.45) is 0.614. The van der Waals surface area contributed by atoms with Crippen molar-refractivity contribution >= 4 is 34.6 Å². The van der Waals surface area contributed by atoms with E-state index < -0.39 is 0 Å². The number of nitrogen functional groups attached to an aromatic ring is 2. The highest BCUT2D eigenvalue weighted by atomic mass is 35.5. The van der Waals surface area contributed by atoms with Crippen LogP contribution >= 0.6 is 23.2 Å². The SMILES string of the molecule is Cc1cc(Cc2cc(C)c(Oc3ccc(N)cc3)c(OCCl)c2)cc(OCCl)c1Oc1ccc(N)cc1. The minimum absolute atomic E-state index is 0.00895. The van der Waals surface area contributed by atoms with Crippen molar-refractivity contribution in [2.75, 3.05) is 23.6 Å². The third kappa shape index (κ3) is 6.73. The van der Waals surface area contributed by atoms with Gasteiger partial charge in [0.15, 0.2) is 35.1 Å². The second-order valence-corrected chi connectivity index (χ2v) is 8.94. The van der Waals surface area contributed by atoms with Gasteiger partial charge >= 0.3 is 0 Å². The summed E-state index contributed by atoms with van der Waals surface area (Å²) in [4.78, 5) is 0. The number of ether oxygens (including phenoxy) is 4. The molecule has 6 nitrogen and oxygen atoms in total. The van der Waals surface area contributed by atoms with Crippen molar-refractivity contribution in [3.63, 3.8) is 0 Å². The van der Waals surface area contributed by atoms with Crippen molar-refractivity contribution < 1.29 is 18.9 Å². The van der Waals surface area contributed by atoms with Gasteiger partial charge in [-0.1, -0.05) is 35.3 Å². The van der Waals surface area contributed by atoms with Crippen molar-refractivity contribution in [2.45, 2.75) is 20.3 Å². The molecular formula is C29H28Cl2N2O4. The third-order valence-corrected chi connectivity index (χ3v) is 5.85. The predicted octanol–water partition coefficient (Wildman–Crippen LogP) is 7.79. The normalized spacial score (nSPS) is 10.7. The molecule has 0 saturated carbocycles. The molecule has 0 aliphatic rings. The van der Waals surface area contributed by atoms with E-state index in [2.05, 4.69) is 12.1 Å². The van der Waals surface area contributed by atoms with Crippen LogP contribution in [0.1, 0.15) is 22.3 Å². The van der Waals surface area contributed by atoms with Crippen molar-refractivity contribution in [3.05, 3.63) is 95.1 Å². The van der Waals surface area contributed by atoms with E-state index >= 15 is 0 Å². The van der Waals surface area contributed by atoms with Gasteiger partial charge in [0.05, 0.1) is 0 Å². The summed E-state index contributed by atoms with van der Waals surface area (Å²) in [6.45, 7) is 3.93. The second-order valence-electron chi connectivity index (χ2n) is 8.51. The molecule has 4 rings (SSSR count). The first-order valence-electron chi connectivity index (χ1n) is 11.6. The van der Waals surface area contributed by atoms with Gasteiger partial charge in [0.1, 0.15) is 11.5 Å². The van der Waals surface area contributed by atoms with Gasteiger partial charge < -0.3 is 30.4 Å². The highest BCUT2D eigenvalue weighted by molar-refractivity contribution is 6.17. The standard InChI is InChI=1S/C29H28Cl2N2O4/c1-18-11-20(14-26(34-16-30)28(18)36-24-7-3-22(32)4-8-24)13-21-12-19(2)29(27(15-21)35-17-31)37-25-9-5-23(33)6-10-25/h3-12,14-15H,13,16-17,32-33H2,1-2H3. The fraction of sp³-hybridized carbons (Fsp3) is 0.172. The monoisotopic (exact) mass is 538 g/mol. The van der Waals surface area contributed by atoms with Crippen LogP contribution in [0.4, 0.5) is 11.4 Å². The zero-order valence-corrected chi connectivity index (χ0v) is 22.1. The largest absolute Gasteiger partial charge is 0.474 e. The van der Waals surface area contributed by atoms with E-state index in [1.807, 2.05) is 50.2 Å². The second kappa shape index (κ2) is 12.0. The van der Waals surface area contributed by atoms with Crippen molar-refractivity contribution in [3.8, 4) is 34.5 Å². The molecule has 0 fully saturated rings. The molecule has 0 atom stereocenters. The highest BCUT2D eigenvalue weighted by Crippen LogP contribution is 2.39. The summed E-state index contributed by atoms with van der Waals surface area (Å²) in [7, 11) is 0. The molecule has 192 valence electrons. The van der Waals surface area contributed by atoms with Crippen LogP contribution in [-0.2, 0) is 6.42 Å². The van der Waals surface area contributed by atoms with Crippen LogP contribution in [0.2, 0.25) is 0 Å². The number of nitrogens with two attached hydrogens (primary N) is 2. The Bertz CT molecular complexity index is 1260. The summed E-state index contributed by atoms with van der Waals surface area (Å²) in [6, 6.07) is 22.3. The van der Waals surface area contributed by atoms with Crippen LogP contribution in [0, 0.1) is 13.8 Å². The maximum atomic E-state index is 6.10. The zero-order chi connectivity index (χ0) is 26.4. The number of anilines is 2. The first-order valence-corrected chi connectivity index (χ1v) is 12.6. The molecule has 4 aromatic carbocycles. The minimum atomic E-state index is -0.00895. The molecule has 0 bridgehead atoms. The molecule has 0 heterocycles. The maximum absolute atomic E-state index is 6.10. The highest BCUT2D eigenvalue weighted by Gasteiger charge is 2.16. The lowest BCUT2D eigenvalue weighted by Crippen LogP contribution is -2.01. The van der Waals surface area contributed by atoms with Gasteiger partial charge in [0.25, 0.3) is 0 Å². The Kier molecular flexibility index (Phi) is 8.54. The number of benzene rings is 4. The average molecular weight is 539 g/mol. The lowest BCUT2D eigenvalue weighted by molar-refractivity contribution is 0.357. The van der Waals surface area contributed by atoms with Gasteiger partial charge in [-0.25, -0.2) is 0 Å². The van der Waals surface area contributed by atoms with Crippen LogP contribution in [0.5, 0.6) is 34.5 Å². The van der Waals surface area contributed by atoms with Gasteiger partial charge in [-0.3, -0.25) is 0 Å². The number of halogens is 2. The molecular weight excluding hydrogens is 511 g/mol. The topological polar surface area (TPSA) is 89.0 Å². The van der Waals surface area contributed by atoms with Crippen LogP contribution in [0.25, 0.3) is 0 Å². The van der Waals surface area contributed by atoms with Crippen molar-refractivity contribution in [1.82, 2.24) is 0 Å². The summed E-state index contributed by atoms with van der Waals surface area (Å²) in [5.74, 6) is 3.62. The number of aryl methyl sites for hydroxylation is 2. The van der Waals surface area contributed by atoms with E-state index in [-0.39, 0.29) is 12.1 Å². The predicted molar refractivity (Wildman–Crippen MR) is 150 cm³/mol. The lowest BCUT2D eigenvalue weighted by atomic mass is 10.00. The van der Waals surface area contributed by atoms with Crippen molar-refractivity contribution in [1.29, 1.82) is 0 Å². The zero-order valence-electron chi connectivity index (χ0n) is 20.6. The van der Waals surface area contributed by atoms with Gasteiger partial charge in [-0.15, -0.1) is 0 Å². The van der Waals surface area contributed by atoms with E-state index in [1.54, 1.807) is 24.3 Å². The molecule has 4 aromatic rings. The fourth-order valence-electron chi connectivity index (χ4n) is 3.97. The average Bonchev–Trinajstić information content (AvgIpc) is 2.86. The summed E-state index contributed by atoms with van der Waals surface area (Å²) >= 11 is 11.8. The van der Waals surface area contributed by atoms with E-state index in [0.717, 1.165) is 22.3 Å². The maximum Gasteiger partial charge on any atom is 0.172 e. The van der Waals surface area contributed by atoms with Gasteiger partial charge in [-0.05, 0) is 103 Å². The number of rotatable bonds is 10. The van der Waals surface area contributed by atoms with Crippen LogP contribution in [0.15, 0.2) is 72.8 Å². The molecule has 0 amide bonds. The Morgan fingerprint density at radius 3 is 1.32 bits per heavy atom. The minimum Gasteiger partial charge on any atom is -0.474 e.